The molecule has 2 rings (SSSR count). The molecule has 0 aromatic heterocycles. The largest absolute Gasteiger partial charge is 0.273 e. The SMILES string of the molecule is O=C(Cc1cccc(F)c1)NNC(=O)c1ccccc1Br. The molecule has 0 bridgehead atoms. The van der Waals surface area contributed by atoms with Crippen molar-refractivity contribution in [3.8, 4) is 0 Å². The molecule has 21 heavy (non-hydrogen) atoms. The maximum atomic E-state index is 13.0. The smallest absolute Gasteiger partial charge is 0.270 e. The summed E-state index contributed by atoms with van der Waals surface area (Å²) in [5.74, 6) is -1.27. The van der Waals surface area contributed by atoms with Crippen molar-refractivity contribution in [1.29, 1.82) is 0 Å². The second-order valence-electron chi connectivity index (χ2n) is 4.29. The molecule has 2 aromatic rings. The van der Waals surface area contributed by atoms with Gasteiger partial charge in [0.15, 0.2) is 0 Å². The number of hydrazine groups is 1. The van der Waals surface area contributed by atoms with Gasteiger partial charge in [0.2, 0.25) is 5.91 Å². The summed E-state index contributed by atoms with van der Waals surface area (Å²) in [6.07, 6.45) is -0.0198. The first-order valence-electron chi connectivity index (χ1n) is 6.14. The zero-order chi connectivity index (χ0) is 15.2. The topological polar surface area (TPSA) is 58.2 Å². The minimum Gasteiger partial charge on any atom is -0.273 e. The van der Waals surface area contributed by atoms with Gasteiger partial charge in [0.05, 0.1) is 12.0 Å². The maximum Gasteiger partial charge on any atom is 0.270 e. The van der Waals surface area contributed by atoms with Gasteiger partial charge in [0, 0.05) is 4.47 Å². The molecular formula is C15H12BrFN2O2. The van der Waals surface area contributed by atoms with Crippen LogP contribution in [0.15, 0.2) is 53.0 Å². The highest BCUT2D eigenvalue weighted by Crippen LogP contribution is 2.15. The van der Waals surface area contributed by atoms with Crippen molar-refractivity contribution >= 4 is 27.7 Å². The molecule has 0 atom stereocenters. The minimum absolute atomic E-state index is 0.0198. The lowest BCUT2D eigenvalue weighted by molar-refractivity contribution is -0.121. The van der Waals surface area contributed by atoms with Gasteiger partial charge in [-0.2, -0.15) is 0 Å². The lowest BCUT2D eigenvalue weighted by atomic mass is 10.1. The molecule has 0 fully saturated rings. The average molecular weight is 351 g/mol. The van der Waals surface area contributed by atoms with Crippen molar-refractivity contribution in [3.05, 3.63) is 69.9 Å². The molecule has 2 amide bonds. The van der Waals surface area contributed by atoms with Gasteiger partial charge in [0.25, 0.3) is 5.91 Å². The predicted molar refractivity (Wildman–Crippen MR) is 79.9 cm³/mol. The van der Waals surface area contributed by atoms with Crippen LogP contribution in [0.25, 0.3) is 0 Å². The third-order valence-electron chi connectivity index (χ3n) is 2.69. The molecule has 0 unspecified atom stereocenters. The second kappa shape index (κ2) is 6.99. The van der Waals surface area contributed by atoms with Gasteiger partial charge in [-0.1, -0.05) is 24.3 Å². The molecule has 0 spiro atoms. The molecule has 4 nitrogen and oxygen atoms in total. The summed E-state index contributed by atoms with van der Waals surface area (Å²) < 4.78 is 13.6. The van der Waals surface area contributed by atoms with Gasteiger partial charge in [0.1, 0.15) is 5.82 Å². The molecule has 0 radical (unpaired) electrons. The van der Waals surface area contributed by atoms with Gasteiger partial charge in [-0.25, -0.2) is 4.39 Å². The standard InChI is InChI=1S/C15H12BrFN2O2/c16-13-7-2-1-6-12(13)15(21)19-18-14(20)9-10-4-3-5-11(17)8-10/h1-8H,9H2,(H,18,20)(H,19,21). The highest BCUT2D eigenvalue weighted by atomic mass is 79.9. The highest BCUT2D eigenvalue weighted by Gasteiger charge is 2.10. The Morgan fingerprint density at radius 2 is 1.81 bits per heavy atom. The lowest BCUT2D eigenvalue weighted by Gasteiger charge is -2.08. The minimum atomic E-state index is -0.435. The molecule has 108 valence electrons. The molecule has 0 aliphatic carbocycles. The van der Waals surface area contributed by atoms with E-state index in [-0.39, 0.29) is 6.42 Å². The van der Waals surface area contributed by atoms with E-state index in [0.29, 0.717) is 15.6 Å². The fourth-order valence-electron chi connectivity index (χ4n) is 1.72. The van der Waals surface area contributed by atoms with Crippen LogP contribution in [0.4, 0.5) is 4.39 Å². The number of rotatable bonds is 3. The number of hydrogen-bond donors (Lipinski definition) is 2. The molecule has 6 heteroatoms. The molecule has 0 saturated heterocycles. The van der Waals surface area contributed by atoms with E-state index in [0.717, 1.165) is 0 Å². The molecule has 0 aliphatic rings. The third-order valence-corrected chi connectivity index (χ3v) is 3.38. The second-order valence-corrected chi connectivity index (χ2v) is 5.14. The lowest BCUT2D eigenvalue weighted by Crippen LogP contribution is -2.42. The predicted octanol–water partition coefficient (Wildman–Crippen LogP) is 2.59. The van der Waals surface area contributed by atoms with Crippen LogP contribution in [0.5, 0.6) is 0 Å². The van der Waals surface area contributed by atoms with Crippen molar-refractivity contribution in [2.45, 2.75) is 6.42 Å². The summed E-state index contributed by atoms with van der Waals surface area (Å²) >= 11 is 3.25. The highest BCUT2D eigenvalue weighted by molar-refractivity contribution is 9.10. The fraction of sp³-hybridized carbons (Fsp3) is 0.0667. The van der Waals surface area contributed by atoms with Crippen LogP contribution in [0.1, 0.15) is 15.9 Å². The van der Waals surface area contributed by atoms with Crippen LogP contribution >= 0.6 is 15.9 Å². The molecule has 0 saturated carbocycles. The number of carbonyl (C=O) groups is 2. The van der Waals surface area contributed by atoms with Crippen molar-refractivity contribution in [2.75, 3.05) is 0 Å². The maximum absolute atomic E-state index is 13.0. The number of benzene rings is 2. The van der Waals surface area contributed by atoms with E-state index in [1.165, 1.54) is 18.2 Å². The van der Waals surface area contributed by atoms with Crippen LogP contribution in [0.3, 0.4) is 0 Å². The number of nitrogens with one attached hydrogen (secondary N) is 2. The Balaban J connectivity index is 1.90. The normalized spacial score (nSPS) is 10.0. The van der Waals surface area contributed by atoms with Gasteiger partial charge in [-0.05, 0) is 45.8 Å². The Morgan fingerprint density at radius 3 is 2.52 bits per heavy atom. The van der Waals surface area contributed by atoms with Gasteiger partial charge >= 0.3 is 0 Å². The summed E-state index contributed by atoms with van der Waals surface area (Å²) in [6, 6.07) is 12.6. The van der Waals surface area contributed by atoms with Crippen molar-refractivity contribution in [1.82, 2.24) is 10.9 Å². The zero-order valence-corrected chi connectivity index (χ0v) is 12.5. The summed E-state index contributed by atoms with van der Waals surface area (Å²) in [7, 11) is 0. The Kier molecular flexibility index (Phi) is 5.05. The number of carbonyl (C=O) groups excluding carboxylic acids is 2. The van der Waals surface area contributed by atoms with E-state index < -0.39 is 17.6 Å². The van der Waals surface area contributed by atoms with Crippen molar-refractivity contribution < 1.29 is 14.0 Å². The van der Waals surface area contributed by atoms with Crippen LogP contribution in [0, 0.1) is 5.82 Å². The fourth-order valence-corrected chi connectivity index (χ4v) is 2.18. The van der Waals surface area contributed by atoms with E-state index in [1.54, 1.807) is 30.3 Å². The first-order valence-corrected chi connectivity index (χ1v) is 6.94. The van der Waals surface area contributed by atoms with Crippen LogP contribution < -0.4 is 10.9 Å². The summed E-state index contributed by atoms with van der Waals surface area (Å²) in [4.78, 5) is 23.5. The Morgan fingerprint density at radius 1 is 1.05 bits per heavy atom. The third kappa shape index (κ3) is 4.39. The average Bonchev–Trinajstić information content (AvgIpc) is 2.45. The Hall–Kier alpha value is -2.21. The van der Waals surface area contributed by atoms with E-state index >= 15 is 0 Å². The van der Waals surface area contributed by atoms with Crippen molar-refractivity contribution in [2.24, 2.45) is 0 Å². The monoisotopic (exact) mass is 350 g/mol. The van der Waals surface area contributed by atoms with Gasteiger partial charge < -0.3 is 0 Å². The number of halogens is 2. The summed E-state index contributed by atoms with van der Waals surface area (Å²) in [5, 5.41) is 0. The van der Waals surface area contributed by atoms with E-state index in [9.17, 15) is 14.0 Å². The molecule has 2 N–H and O–H groups in total. The first-order chi connectivity index (χ1) is 10.1. The molecular weight excluding hydrogens is 339 g/mol. The number of amides is 2. The Labute approximate surface area is 129 Å². The van der Waals surface area contributed by atoms with Gasteiger partial charge in [-0.3, -0.25) is 20.4 Å². The summed E-state index contributed by atoms with van der Waals surface area (Å²) in [5.41, 5.74) is 5.54. The zero-order valence-electron chi connectivity index (χ0n) is 10.9. The first kappa shape index (κ1) is 15.2. The molecule has 0 heterocycles. The quantitative estimate of drug-likeness (QED) is 0.836. The van der Waals surface area contributed by atoms with E-state index in [2.05, 4.69) is 26.8 Å². The van der Waals surface area contributed by atoms with E-state index in [1.807, 2.05) is 0 Å². The van der Waals surface area contributed by atoms with Crippen LogP contribution in [-0.2, 0) is 11.2 Å². The van der Waals surface area contributed by atoms with Crippen LogP contribution in [-0.4, -0.2) is 11.8 Å². The van der Waals surface area contributed by atoms with Crippen LogP contribution in [0.2, 0.25) is 0 Å². The number of hydrogen-bond acceptors (Lipinski definition) is 2. The summed E-state index contributed by atoms with van der Waals surface area (Å²) in [6.45, 7) is 0. The van der Waals surface area contributed by atoms with Gasteiger partial charge in [-0.15, -0.1) is 0 Å². The molecule has 2 aromatic carbocycles. The van der Waals surface area contributed by atoms with E-state index in [4.69, 9.17) is 0 Å². The van der Waals surface area contributed by atoms with Crippen molar-refractivity contribution in [3.63, 3.8) is 0 Å². The molecule has 0 aliphatic heterocycles. The Bertz CT molecular complexity index is 676.